The molecule has 140 valence electrons. The van der Waals surface area contributed by atoms with E-state index in [1.165, 1.54) is 0 Å². The van der Waals surface area contributed by atoms with E-state index >= 15 is 0 Å². The predicted octanol–water partition coefficient (Wildman–Crippen LogP) is 3.58. The van der Waals surface area contributed by atoms with Crippen molar-refractivity contribution in [3.05, 3.63) is 58.6 Å². The third-order valence-electron chi connectivity index (χ3n) is 4.34. The first-order valence-corrected chi connectivity index (χ1v) is 10.2. The van der Waals surface area contributed by atoms with Crippen molar-refractivity contribution in [2.75, 3.05) is 18.1 Å². The minimum absolute atomic E-state index is 0.353. The van der Waals surface area contributed by atoms with Crippen LogP contribution in [0.4, 0.5) is 10.5 Å². The van der Waals surface area contributed by atoms with Crippen LogP contribution in [0, 0.1) is 0 Å². The summed E-state index contributed by atoms with van der Waals surface area (Å²) in [6.07, 6.45) is 1.94. The number of benzene rings is 2. The highest BCUT2D eigenvalue weighted by Gasteiger charge is 2.50. The molecule has 4 amide bonds. The number of hydrogen-bond acceptors (Lipinski definition) is 4. The Morgan fingerprint density at radius 3 is 2.67 bits per heavy atom. The van der Waals surface area contributed by atoms with Crippen LogP contribution in [0.2, 0.25) is 0 Å². The van der Waals surface area contributed by atoms with Crippen molar-refractivity contribution in [3.63, 3.8) is 0 Å². The smallest absolute Gasteiger partial charge is 0.324 e. The maximum Gasteiger partial charge on any atom is 0.325 e. The van der Waals surface area contributed by atoms with E-state index in [2.05, 4.69) is 26.6 Å². The molecule has 2 N–H and O–H groups in total. The van der Waals surface area contributed by atoms with Crippen LogP contribution >= 0.6 is 27.7 Å². The summed E-state index contributed by atoms with van der Waals surface area (Å²) < 4.78 is 0.710. The zero-order valence-electron chi connectivity index (χ0n) is 14.8. The minimum atomic E-state index is -1.23. The highest BCUT2D eigenvalue weighted by Crippen LogP contribution is 2.33. The van der Waals surface area contributed by atoms with Crippen LogP contribution in [0.25, 0.3) is 0 Å². The van der Waals surface area contributed by atoms with Gasteiger partial charge in [0, 0.05) is 20.6 Å². The van der Waals surface area contributed by atoms with Gasteiger partial charge in [-0.2, -0.15) is 0 Å². The summed E-state index contributed by atoms with van der Waals surface area (Å²) in [6.45, 7) is 1.28. The van der Waals surface area contributed by atoms with E-state index in [0.717, 1.165) is 9.80 Å². The van der Waals surface area contributed by atoms with Gasteiger partial charge in [-0.15, -0.1) is 11.8 Å². The third-order valence-corrected chi connectivity index (χ3v) is 5.76. The second kappa shape index (κ2) is 7.74. The van der Waals surface area contributed by atoms with E-state index in [1.807, 2.05) is 30.5 Å². The van der Waals surface area contributed by atoms with Crippen LogP contribution in [0.1, 0.15) is 12.5 Å². The number of halogens is 1. The number of hydrogen-bond donors (Lipinski definition) is 2. The summed E-state index contributed by atoms with van der Waals surface area (Å²) in [5.74, 6) is -0.902. The molecule has 1 saturated heterocycles. The lowest BCUT2D eigenvalue weighted by Gasteiger charge is -2.23. The van der Waals surface area contributed by atoms with Gasteiger partial charge in [-0.1, -0.05) is 40.2 Å². The standard InChI is InChI=1S/C19H18BrN3O3S/c1-19(14-8-3-4-9-15(14)20)17(25)23(18(26)22-19)11-16(24)21-12-6-5-7-13(10-12)27-2/h3-10H,11H2,1-2H3,(H,21,24)(H,22,26). The summed E-state index contributed by atoms with van der Waals surface area (Å²) in [4.78, 5) is 39.6. The molecule has 0 radical (unpaired) electrons. The second-order valence-electron chi connectivity index (χ2n) is 6.21. The molecule has 1 atom stereocenters. The normalized spacial score (nSPS) is 19.1. The number of thioether (sulfide) groups is 1. The largest absolute Gasteiger partial charge is 0.325 e. The van der Waals surface area contributed by atoms with E-state index < -0.39 is 23.4 Å². The topological polar surface area (TPSA) is 78.5 Å². The number of imide groups is 1. The second-order valence-corrected chi connectivity index (χ2v) is 7.94. The Balaban J connectivity index is 1.75. The maximum absolute atomic E-state index is 12.9. The number of carbonyl (C=O) groups excluding carboxylic acids is 3. The fourth-order valence-corrected chi connectivity index (χ4v) is 4.08. The molecular formula is C19H18BrN3O3S. The van der Waals surface area contributed by atoms with E-state index in [1.54, 1.807) is 43.0 Å². The Kier molecular flexibility index (Phi) is 5.57. The summed E-state index contributed by atoms with van der Waals surface area (Å²) >= 11 is 4.97. The number of carbonyl (C=O) groups is 3. The van der Waals surface area contributed by atoms with Gasteiger partial charge in [-0.3, -0.25) is 14.5 Å². The highest BCUT2D eigenvalue weighted by molar-refractivity contribution is 9.10. The van der Waals surface area contributed by atoms with Crippen molar-refractivity contribution < 1.29 is 14.4 Å². The zero-order chi connectivity index (χ0) is 19.6. The van der Waals surface area contributed by atoms with Gasteiger partial charge in [-0.05, 0) is 37.4 Å². The van der Waals surface area contributed by atoms with Crippen molar-refractivity contribution in [1.82, 2.24) is 10.2 Å². The molecule has 0 saturated carbocycles. The number of urea groups is 1. The van der Waals surface area contributed by atoms with Gasteiger partial charge >= 0.3 is 6.03 Å². The Hall–Kier alpha value is -2.32. The lowest BCUT2D eigenvalue weighted by Crippen LogP contribution is -2.42. The third kappa shape index (κ3) is 3.86. The van der Waals surface area contributed by atoms with Crippen molar-refractivity contribution >= 4 is 51.2 Å². The van der Waals surface area contributed by atoms with Crippen LogP contribution in [0.5, 0.6) is 0 Å². The average molecular weight is 448 g/mol. The SMILES string of the molecule is CSc1cccc(NC(=O)CN2C(=O)NC(C)(c3ccccc3Br)C2=O)c1. The summed E-state index contributed by atoms with van der Waals surface area (Å²) in [5, 5.41) is 5.43. The molecule has 1 unspecified atom stereocenters. The number of rotatable bonds is 5. The van der Waals surface area contributed by atoms with Gasteiger partial charge < -0.3 is 10.6 Å². The highest BCUT2D eigenvalue weighted by atomic mass is 79.9. The summed E-state index contributed by atoms with van der Waals surface area (Å²) in [6, 6.07) is 13.9. The Morgan fingerprint density at radius 2 is 1.96 bits per heavy atom. The molecule has 0 bridgehead atoms. The molecule has 1 heterocycles. The molecule has 1 aliphatic rings. The van der Waals surface area contributed by atoms with Crippen LogP contribution in [0.3, 0.4) is 0 Å². The first-order chi connectivity index (χ1) is 12.8. The quantitative estimate of drug-likeness (QED) is 0.542. The Labute approximate surface area is 169 Å². The molecule has 1 fully saturated rings. The molecule has 8 heteroatoms. The summed E-state index contributed by atoms with van der Waals surface area (Å²) in [7, 11) is 0. The van der Waals surface area contributed by atoms with E-state index in [0.29, 0.717) is 15.7 Å². The van der Waals surface area contributed by atoms with Gasteiger partial charge in [0.2, 0.25) is 5.91 Å². The number of anilines is 1. The summed E-state index contributed by atoms with van der Waals surface area (Å²) in [5.41, 5.74) is 0.0300. The van der Waals surface area contributed by atoms with Crippen molar-refractivity contribution in [2.24, 2.45) is 0 Å². The van der Waals surface area contributed by atoms with Crippen molar-refractivity contribution in [1.29, 1.82) is 0 Å². The van der Waals surface area contributed by atoms with Crippen molar-refractivity contribution in [3.8, 4) is 0 Å². The maximum atomic E-state index is 12.9. The van der Waals surface area contributed by atoms with Crippen LogP contribution in [-0.2, 0) is 15.1 Å². The predicted molar refractivity (Wildman–Crippen MR) is 109 cm³/mol. The van der Waals surface area contributed by atoms with E-state index in [9.17, 15) is 14.4 Å². The number of amides is 4. The number of nitrogens with zero attached hydrogens (tertiary/aromatic N) is 1. The van der Waals surface area contributed by atoms with Gasteiger partial charge in [0.15, 0.2) is 0 Å². The van der Waals surface area contributed by atoms with Gasteiger partial charge in [0.1, 0.15) is 12.1 Å². The van der Waals surface area contributed by atoms with Crippen LogP contribution < -0.4 is 10.6 Å². The lowest BCUT2D eigenvalue weighted by molar-refractivity contribution is -0.133. The zero-order valence-corrected chi connectivity index (χ0v) is 17.2. The van der Waals surface area contributed by atoms with E-state index in [4.69, 9.17) is 0 Å². The molecule has 2 aromatic carbocycles. The minimum Gasteiger partial charge on any atom is -0.324 e. The Morgan fingerprint density at radius 1 is 1.22 bits per heavy atom. The average Bonchev–Trinajstić information content (AvgIpc) is 2.86. The molecule has 0 aromatic heterocycles. The first kappa shape index (κ1) is 19.4. The molecule has 0 aliphatic carbocycles. The molecule has 0 spiro atoms. The fourth-order valence-electron chi connectivity index (χ4n) is 2.93. The van der Waals surface area contributed by atoms with Gasteiger partial charge in [0.05, 0.1) is 0 Å². The van der Waals surface area contributed by atoms with Crippen molar-refractivity contribution in [2.45, 2.75) is 17.4 Å². The molecule has 27 heavy (non-hydrogen) atoms. The first-order valence-electron chi connectivity index (χ1n) is 8.18. The lowest BCUT2D eigenvalue weighted by atomic mass is 9.92. The molecule has 1 aliphatic heterocycles. The number of nitrogens with one attached hydrogen (secondary N) is 2. The molecule has 3 rings (SSSR count). The monoisotopic (exact) mass is 447 g/mol. The molecular weight excluding hydrogens is 430 g/mol. The van der Waals surface area contributed by atoms with Gasteiger partial charge in [-0.25, -0.2) is 4.79 Å². The van der Waals surface area contributed by atoms with Crippen LogP contribution in [-0.4, -0.2) is 35.5 Å². The molecule has 6 nitrogen and oxygen atoms in total. The molecule has 2 aromatic rings. The van der Waals surface area contributed by atoms with E-state index in [-0.39, 0.29) is 6.54 Å². The van der Waals surface area contributed by atoms with Gasteiger partial charge in [0.25, 0.3) is 5.91 Å². The van der Waals surface area contributed by atoms with Crippen LogP contribution in [0.15, 0.2) is 57.9 Å². The Bertz CT molecular complexity index is 921. The fraction of sp³-hybridized carbons (Fsp3) is 0.211.